The van der Waals surface area contributed by atoms with E-state index in [1.807, 2.05) is 0 Å². The van der Waals surface area contributed by atoms with E-state index in [0.717, 1.165) is 12.1 Å². The van der Waals surface area contributed by atoms with Crippen molar-refractivity contribution in [1.29, 1.82) is 0 Å². The topological polar surface area (TPSA) is 9.72 Å². The molecule has 0 amide bonds. The molecule has 1 aromatic carbocycles. The van der Waals surface area contributed by atoms with Gasteiger partial charge in [-0.05, 0) is 44.4 Å². The second kappa shape index (κ2) is 9.23. The van der Waals surface area contributed by atoms with Crippen molar-refractivity contribution in [2.75, 3.05) is 44.2 Å². The second-order valence-electron chi connectivity index (χ2n) is 8.65. The van der Waals surface area contributed by atoms with Gasteiger partial charge < -0.3 is 4.90 Å². The Labute approximate surface area is 160 Å². The SMILES string of the molecule is c1ccc(N2CCN([C@H]3CCCN(C4CCCCCCC4)C3)CC2)cc1. The average Bonchev–Trinajstić information content (AvgIpc) is 2.69. The summed E-state index contributed by atoms with van der Waals surface area (Å²) in [5.74, 6) is 0. The minimum absolute atomic E-state index is 0.798. The van der Waals surface area contributed by atoms with Gasteiger partial charge in [0.25, 0.3) is 0 Å². The largest absolute Gasteiger partial charge is 0.369 e. The van der Waals surface area contributed by atoms with Gasteiger partial charge in [0.2, 0.25) is 0 Å². The summed E-state index contributed by atoms with van der Waals surface area (Å²) in [5, 5.41) is 0. The van der Waals surface area contributed by atoms with Gasteiger partial charge in [0.05, 0.1) is 0 Å². The minimum Gasteiger partial charge on any atom is -0.369 e. The minimum atomic E-state index is 0.798. The fourth-order valence-electron chi connectivity index (χ4n) is 5.40. The van der Waals surface area contributed by atoms with Gasteiger partial charge in [-0.3, -0.25) is 9.80 Å². The van der Waals surface area contributed by atoms with Crippen molar-refractivity contribution in [3.63, 3.8) is 0 Å². The van der Waals surface area contributed by atoms with E-state index in [2.05, 4.69) is 45.0 Å². The van der Waals surface area contributed by atoms with Crippen LogP contribution in [0.2, 0.25) is 0 Å². The lowest BCUT2D eigenvalue weighted by Crippen LogP contribution is -2.56. The molecule has 2 aliphatic heterocycles. The molecule has 4 rings (SSSR count). The van der Waals surface area contributed by atoms with Crippen LogP contribution in [0, 0.1) is 0 Å². The van der Waals surface area contributed by atoms with Crippen molar-refractivity contribution >= 4 is 5.69 Å². The number of benzene rings is 1. The zero-order valence-electron chi connectivity index (χ0n) is 16.5. The first kappa shape index (κ1) is 18.3. The Balaban J connectivity index is 1.29. The molecular weight excluding hydrogens is 318 g/mol. The summed E-state index contributed by atoms with van der Waals surface area (Å²) in [6, 6.07) is 12.6. The van der Waals surface area contributed by atoms with Gasteiger partial charge in [-0.25, -0.2) is 0 Å². The first-order valence-corrected chi connectivity index (χ1v) is 11.2. The van der Waals surface area contributed by atoms with Crippen LogP contribution in [0.1, 0.15) is 57.8 Å². The number of piperazine rings is 1. The number of likely N-dealkylation sites (tertiary alicyclic amines) is 1. The van der Waals surface area contributed by atoms with Crippen molar-refractivity contribution in [2.45, 2.75) is 69.9 Å². The number of piperidine rings is 1. The van der Waals surface area contributed by atoms with E-state index in [1.54, 1.807) is 0 Å². The van der Waals surface area contributed by atoms with Crippen molar-refractivity contribution in [1.82, 2.24) is 9.80 Å². The molecule has 2 saturated heterocycles. The number of rotatable bonds is 3. The van der Waals surface area contributed by atoms with Crippen molar-refractivity contribution < 1.29 is 0 Å². The number of hydrogen-bond acceptors (Lipinski definition) is 3. The highest BCUT2D eigenvalue weighted by Crippen LogP contribution is 2.26. The smallest absolute Gasteiger partial charge is 0.0367 e. The molecule has 1 saturated carbocycles. The Kier molecular flexibility index (Phi) is 6.50. The quantitative estimate of drug-likeness (QED) is 0.796. The van der Waals surface area contributed by atoms with Gasteiger partial charge in [0.15, 0.2) is 0 Å². The number of nitrogens with zero attached hydrogens (tertiary/aromatic N) is 3. The molecule has 144 valence electrons. The summed E-state index contributed by atoms with van der Waals surface area (Å²) in [4.78, 5) is 8.24. The summed E-state index contributed by atoms with van der Waals surface area (Å²) in [6.45, 7) is 7.52. The second-order valence-corrected chi connectivity index (χ2v) is 8.65. The normalized spacial score (nSPS) is 27.8. The zero-order chi connectivity index (χ0) is 17.6. The highest BCUT2D eigenvalue weighted by atomic mass is 15.3. The summed E-state index contributed by atoms with van der Waals surface area (Å²) < 4.78 is 0. The Morgan fingerprint density at radius 3 is 1.96 bits per heavy atom. The Hall–Kier alpha value is -1.06. The fraction of sp³-hybridized carbons (Fsp3) is 0.739. The molecule has 1 aromatic rings. The molecule has 3 fully saturated rings. The van der Waals surface area contributed by atoms with Crippen LogP contribution in [-0.4, -0.2) is 61.2 Å². The van der Waals surface area contributed by atoms with Crippen LogP contribution in [0.3, 0.4) is 0 Å². The van der Waals surface area contributed by atoms with Gasteiger partial charge in [0.1, 0.15) is 0 Å². The molecule has 3 heteroatoms. The van der Waals surface area contributed by atoms with E-state index < -0.39 is 0 Å². The number of para-hydroxylation sites is 1. The molecule has 3 nitrogen and oxygen atoms in total. The molecule has 26 heavy (non-hydrogen) atoms. The van der Waals surface area contributed by atoms with Gasteiger partial charge in [-0.15, -0.1) is 0 Å². The van der Waals surface area contributed by atoms with Crippen molar-refractivity contribution in [3.8, 4) is 0 Å². The standard InChI is InChI=1S/C23H37N3/c1-2-5-12-22(13-6-3-1)26-15-9-14-23(20-26)25-18-16-24(17-19-25)21-10-7-4-8-11-21/h4,7-8,10-11,22-23H,1-3,5-6,9,12-20H2/t23-/m0/s1. The lowest BCUT2D eigenvalue weighted by molar-refractivity contribution is 0.0588. The summed E-state index contributed by atoms with van der Waals surface area (Å²) in [7, 11) is 0. The molecule has 0 spiro atoms. The molecule has 0 radical (unpaired) electrons. The molecule has 0 aromatic heterocycles. The Morgan fingerprint density at radius 2 is 1.23 bits per heavy atom. The maximum Gasteiger partial charge on any atom is 0.0367 e. The van der Waals surface area contributed by atoms with Crippen molar-refractivity contribution in [2.24, 2.45) is 0 Å². The van der Waals surface area contributed by atoms with Gasteiger partial charge in [-0.2, -0.15) is 0 Å². The Bertz CT molecular complexity index is 516. The summed E-state index contributed by atoms with van der Waals surface area (Å²) in [6.07, 6.45) is 13.0. The molecule has 3 aliphatic rings. The van der Waals surface area contributed by atoms with Crippen LogP contribution < -0.4 is 4.90 Å². The Morgan fingerprint density at radius 1 is 0.577 bits per heavy atom. The monoisotopic (exact) mass is 355 g/mol. The van der Waals surface area contributed by atoms with Gasteiger partial charge in [0, 0.05) is 50.5 Å². The molecular formula is C23H37N3. The number of anilines is 1. The third kappa shape index (κ3) is 4.61. The van der Waals surface area contributed by atoms with Gasteiger partial charge >= 0.3 is 0 Å². The van der Waals surface area contributed by atoms with Crippen LogP contribution in [0.25, 0.3) is 0 Å². The van der Waals surface area contributed by atoms with E-state index in [0.29, 0.717) is 0 Å². The van der Waals surface area contributed by atoms with Crippen LogP contribution >= 0.6 is 0 Å². The van der Waals surface area contributed by atoms with Gasteiger partial charge in [-0.1, -0.05) is 50.3 Å². The fourth-order valence-corrected chi connectivity index (χ4v) is 5.40. The first-order valence-electron chi connectivity index (χ1n) is 11.2. The third-order valence-corrected chi connectivity index (χ3v) is 6.97. The maximum atomic E-state index is 2.88. The van der Waals surface area contributed by atoms with E-state index in [9.17, 15) is 0 Å². The predicted molar refractivity (Wildman–Crippen MR) is 111 cm³/mol. The lowest BCUT2D eigenvalue weighted by atomic mass is 9.93. The highest BCUT2D eigenvalue weighted by Gasteiger charge is 2.31. The third-order valence-electron chi connectivity index (χ3n) is 6.97. The average molecular weight is 356 g/mol. The van der Waals surface area contributed by atoms with Crippen LogP contribution in [-0.2, 0) is 0 Å². The van der Waals surface area contributed by atoms with Crippen LogP contribution in [0.4, 0.5) is 5.69 Å². The highest BCUT2D eigenvalue weighted by molar-refractivity contribution is 5.46. The van der Waals surface area contributed by atoms with E-state index in [4.69, 9.17) is 0 Å². The molecule has 1 atom stereocenters. The van der Waals surface area contributed by atoms with Crippen LogP contribution in [0.5, 0.6) is 0 Å². The maximum absolute atomic E-state index is 2.88. The molecule has 2 heterocycles. The van der Waals surface area contributed by atoms with Crippen molar-refractivity contribution in [3.05, 3.63) is 30.3 Å². The molecule has 0 unspecified atom stereocenters. The predicted octanol–water partition coefficient (Wildman–Crippen LogP) is 4.39. The van der Waals surface area contributed by atoms with E-state index >= 15 is 0 Å². The summed E-state index contributed by atoms with van der Waals surface area (Å²) in [5.41, 5.74) is 1.40. The lowest BCUT2D eigenvalue weighted by Gasteiger charge is -2.46. The first-order chi connectivity index (χ1) is 12.9. The van der Waals surface area contributed by atoms with Crippen LogP contribution in [0.15, 0.2) is 30.3 Å². The molecule has 0 N–H and O–H groups in total. The molecule has 0 bridgehead atoms. The van der Waals surface area contributed by atoms with E-state index in [1.165, 1.54) is 103 Å². The van der Waals surface area contributed by atoms with E-state index in [-0.39, 0.29) is 0 Å². The zero-order valence-corrected chi connectivity index (χ0v) is 16.5. The number of hydrogen-bond donors (Lipinski definition) is 0. The molecule has 1 aliphatic carbocycles. The summed E-state index contributed by atoms with van der Waals surface area (Å²) >= 11 is 0.